The summed E-state index contributed by atoms with van der Waals surface area (Å²) in [7, 11) is 1.65. The van der Waals surface area contributed by atoms with Gasteiger partial charge in [-0.25, -0.2) is 4.98 Å². The molecular weight excluding hydrogens is 208 g/mol. The second-order valence-corrected chi connectivity index (χ2v) is 3.85. The lowest BCUT2D eigenvalue weighted by molar-refractivity contribution is 0.414. The topological polar surface area (TPSA) is 34.1 Å². The molecule has 0 aliphatic heterocycles. The summed E-state index contributed by atoms with van der Waals surface area (Å²) in [5, 5.41) is 7.42. The maximum Gasteiger partial charge on any atom is 0.129 e. The molecule has 2 aromatic heterocycles. The van der Waals surface area contributed by atoms with Crippen LogP contribution in [-0.2, 0) is 6.54 Å². The van der Waals surface area contributed by atoms with Gasteiger partial charge in [0.1, 0.15) is 11.6 Å². The van der Waals surface area contributed by atoms with E-state index in [1.807, 2.05) is 12.1 Å². The highest BCUT2D eigenvalue weighted by molar-refractivity contribution is 7.07. The zero-order valence-electron chi connectivity index (χ0n) is 8.43. The van der Waals surface area contributed by atoms with E-state index in [-0.39, 0.29) is 0 Å². The number of methoxy groups -OCH3 is 1. The SMILES string of the molecule is COc1ccnc(NCc2ccsc2)c1. The van der Waals surface area contributed by atoms with Crippen LogP contribution >= 0.6 is 11.3 Å². The van der Waals surface area contributed by atoms with Gasteiger partial charge < -0.3 is 10.1 Å². The first-order valence-electron chi connectivity index (χ1n) is 4.63. The summed E-state index contributed by atoms with van der Waals surface area (Å²) in [6.07, 6.45) is 1.73. The molecule has 2 aromatic rings. The number of nitrogens with one attached hydrogen (secondary N) is 1. The standard InChI is InChI=1S/C11H12N2OS/c1-14-10-2-4-12-11(6-10)13-7-9-3-5-15-8-9/h2-6,8H,7H2,1H3,(H,12,13). The van der Waals surface area contributed by atoms with E-state index in [0.29, 0.717) is 0 Å². The van der Waals surface area contributed by atoms with Crippen molar-refractivity contribution in [2.75, 3.05) is 12.4 Å². The first-order chi connectivity index (χ1) is 7.38. The molecule has 78 valence electrons. The van der Waals surface area contributed by atoms with Crippen molar-refractivity contribution < 1.29 is 4.74 Å². The summed E-state index contributed by atoms with van der Waals surface area (Å²) in [5.41, 5.74) is 1.27. The summed E-state index contributed by atoms with van der Waals surface area (Å²) in [5.74, 6) is 1.65. The number of nitrogens with zero attached hydrogens (tertiary/aromatic N) is 1. The van der Waals surface area contributed by atoms with Crippen molar-refractivity contribution in [2.45, 2.75) is 6.54 Å². The predicted molar refractivity (Wildman–Crippen MR) is 62.4 cm³/mol. The predicted octanol–water partition coefficient (Wildman–Crippen LogP) is 2.76. The highest BCUT2D eigenvalue weighted by Gasteiger charge is 1.97. The maximum absolute atomic E-state index is 5.11. The summed E-state index contributed by atoms with van der Waals surface area (Å²) in [6.45, 7) is 0.795. The zero-order chi connectivity index (χ0) is 10.5. The molecule has 0 aliphatic rings. The molecule has 0 saturated carbocycles. The van der Waals surface area contributed by atoms with Crippen LogP contribution in [0.4, 0.5) is 5.82 Å². The van der Waals surface area contributed by atoms with Crippen LogP contribution in [-0.4, -0.2) is 12.1 Å². The maximum atomic E-state index is 5.11. The molecule has 0 saturated heterocycles. The highest BCUT2D eigenvalue weighted by Crippen LogP contribution is 2.15. The molecule has 2 rings (SSSR count). The van der Waals surface area contributed by atoms with Gasteiger partial charge in [-0.2, -0.15) is 11.3 Å². The van der Waals surface area contributed by atoms with Crippen LogP contribution in [0.1, 0.15) is 5.56 Å². The van der Waals surface area contributed by atoms with E-state index in [2.05, 4.69) is 27.1 Å². The van der Waals surface area contributed by atoms with Gasteiger partial charge in [-0.3, -0.25) is 0 Å². The monoisotopic (exact) mass is 220 g/mol. The Bertz CT molecular complexity index is 414. The molecule has 0 atom stereocenters. The van der Waals surface area contributed by atoms with Crippen LogP contribution in [0, 0.1) is 0 Å². The largest absolute Gasteiger partial charge is 0.497 e. The van der Waals surface area contributed by atoms with E-state index in [9.17, 15) is 0 Å². The van der Waals surface area contributed by atoms with E-state index in [1.165, 1.54) is 5.56 Å². The molecule has 3 nitrogen and oxygen atoms in total. The van der Waals surface area contributed by atoms with E-state index < -0.39 is 0 Å². The van der Waals surface area contributed by atoms with Crippen LogP contribution in [0.5, 0.6) is 5.75 Å². The normalized spacial score (nSPS) is 9.93. The van der Waals surface area contributed by atoms with E-state index >= 15 is 0 Å². The Morgan fingerprint density at radius 3 is 3.13 bits per heavy atom. The molecule has 0 aliphatic carbocycles. The van der Waals surface area contributed by atoms with Crippen molar-refractivity contribution in [3.63, 3.8) is 0 Å². The van der Waals surface area contributed by atoms with Crippen LogP contribution in [0.15, 0.2) is 35.2 Å². The Morgan fingerprint density at radius 1 is 1.47 bits per heavy atom. The Hall–Kier alpha value is -1.55. The summed E-state index contributed by atoms with van der Waals surface area (Å²) < 4.78 is 5.11. The minimum atomic E-state index is 0.795. The van der Waals surface area contributed by atoms with Gasteiger partial charge in [-0.05, 0) is 28.5 Å². The van der Waals surface area contributed by atoms with Gasteiger partial charge in [0.2, 0.25) is 0 Å². The van der Waals surface area contributed by atoms with Crippen LogP contribution in [0.2, 0.25) is 0 Å². The smallest absolute Gasteiger partial charge is 0.129 e. The van der Waals surface area contributed by atoms with E-state index in [4.69, 9.17) is 4.74 Å². The Balaban J connectivity index is 1.98. The number of hydrogen-bond acceptors (Lipinski definition) is 4. The Labute approximate surface area is 92.7 Å². The average molecular weight is 220 g/mol. The third-order valence-electron chi connectivity index (χ3n) is 2.02. The molecule has 4 heteroatoms. The van der Waals surface area contributed by atoms with E-state index in [1.54, 1.807) is 24.6 Å². The third-order valence-corrected chi connectivity index (χ3v) is 2.75. The Kier molecular flexibility index (Phi) is 3.19. The van der Waals surface area contributed by atoms with Crippen LogP contribution in [0.3, 0.4) is 0 Å². The molecule has 0 unspecified atom stereocenters. The van der Waals surface area contributed by atoms with Crippen molar-refractivity contribution in [2.24, 2.45) is 0 Å². The second kappa shape index (κ2) is 4.79. The summed E-state index contributed by atoms with van der Waals surface area (Å²) in [6, 6.07) is 5.81. The first-order valence-corrected chi connectivity index (χ1v) is 5.58. The highest BCUT2D eigenvalue weighted by atomic mass is 32.1. The number of pyridine rings is 1. The molecular formula is C11H12N2OS. The Morgan fingerprint density at radius 2 is 2.40 bits per heavy atom. The molecule has 0 fully saturated rings. The number of ether oxygens (including phenoxy) is 1. The fourth-order valence-corrected chi connectivity index (χ4v) is 1.89. The molecule has 0 amide bonds. The minimum Gasteiger partial charge on any atom is -0.497 e. The quantitative estimate of drug-likeness (QED) is 0.860. The average Bonchev–Trinajstić information content (AvgIpc) is 2.79. The zero-order valence-corrected chi connectivity index (χ0v) is 9.25. The van der Waals surface area contributed by atoms with Crippen LogP contribution in [0.25, 0.3) is 0 Å². The lowest BCUT2D eigenvalue weighted by atomic mass is 10.3. The third kappa shape index (κ3) is 2.70. The lowest BCUT2D eigenvalue weighted by Crippen LogP contribution is -2.00. The lowest BCUT2D eigenvalue weighted by Gasteiger charge is -2.05. The molecule has 2 heterocycles. The van der Waals surface area contributed by atoms with Gasteiger partial charge in [0.25, 0.3) is 0 Å². The molecule has 0 bridgehead atoms. The summed E-state index contributed by atoms with van der Waals surface area (Å²) in [4.78, 5) is 4.20. The summed E-state index contributed by atoms with van der Waals surface area (Å²) >= 11 is 1.70. The first kappa shape index (κ1) is 9.98. The van der Waals surface area contributed by atoms with Gasteiger partial charge in [0, 0.05) is 18.8 Å². The van der Waals surface area contributed by atoms with Gasteiger partial charge in [0.15, 0.2) is 0 Å². The number of rotatable bonds is 4. The van der Waals surface area contributed by atoms with Gasteiger partial charge in [0.05, 0.1) is 7.11 Å². The van der Waals surface area contributed by atoms with Gasteiger partial charge in [-0.1, -0.05) is 0 Å². The van der Waals surface area contributed by atoms with Crippen molar-refractivity contribution in [1.82, 2.24) is 4.98 Å². The van der Waals surface area contributed by atoms with Crippen molar-refractivity contribution in [3.05, 3.63) is 40.7 Å². The molecule has 0 radical (unpaired) electrons. The fraction of sp³-hybridized carbons (Fsp3) is 0.182. The van der Waals surface area contributed by atoms with Crippen molar-refractivity contribution in [3.8, 4) is 5.75 Å². The number of hydrogen-bond donors (Lipinski definition) is 1. The van der Waals surface area contributed by atoms with Crippen molar-refractivity contribution >= 4 is 17.2 Å². The molecule has 0 aromatic carbocycles. The molecule has 1 N–H and O–H groups in total. The second-order valence-electron chi connectivity index (χ2n) is 3.07. The van der Waals surface area contributed by atoms with Crippen LogP contribution < -0.4 is 10.1 Å². The van der Waals surface area contributed by atoms with Gasteiger partial charge in [-0.15, -0.1) is 0 Å². The van der Waals surface area contributed by atoms with E-state index in [0.717, 1.165) is 18.1 Å². The molecule has 15 heavy (non-hydrogen) atoms. The van der Waals surface area contributed by atoms with Gasteiger partial charge >= 0.3 is 0 Å². The fourth-order valence-electron chi connectivity index (χ4n) is 1.22. The molecule has 0 spiro atoms. The minimum absolute atomic E-state index is 0.795. The number of thiophene rings is 1. The number of aromatic nitrogens is 1. The van der Waals surface area contributed by atoms with Crippen molar-refractivity contribution in [1.29, 1.82) is 0 Å². The number of anilines is 1.